The number of nitrogens with two attached hydrogens (primary N) is 1. The molecule has 0 atom stereocenters. The van der Waals surface area contributed by atoms with Gasteiger partial charge in [0.1, 0.15) is 0 Å². The Balaban J connectivity index is 3.17. The summed E-state index contributed by atoms with van der Waals surface area (Å²) in [5.41, 5.74) is 4.31. The van der Waals surface area contributed by atoms with E-state index in [2.05, 4.69) is 0 Å². The molecule has 18 heavy (non-hydrogen) atoms. The zero-order valence-corrected chi connectivity index (χ0v) is 9.62. The molecule has 6 heteroatoms. The van der Waals surface area contributed by atoms with Crippen LogP contribution >= 0.6 is 0 Å². The Labute approximate surface area is 102 Å². The van der Waals surface area contributed by atoms with Gasteiger partial charge in [-0.15, -0.1) is 0 Å². The van der Waals surface area contributed by atoms with Gasteiger partial charge in [0.2, 0.25) is 5.91 Å². The minimum atomic E-state index is -4.50. The van der Waals surface area contributed by atoms with Crippen LogP contribution in [0.25, 0.3) is 6.08 Å². The summed E-state index contributed by atoms with van der Waals surface area (Å²) in [5, 5.41) is 0. The SMILES string of the molecule is COCC=Cc1ccc(C(F)(F)F)cc1C(N)=O. The van der Waals surface area contributed by atoms with Crippen LogP contribution in [-0.2, 0) is 10.9 Å². The van der Waals surface area contributed by atoms with E-state index in [4.69, 9.17) is 10.5 Å². The fourth-order valence-corrected chi connectivity index (χ4v) is 1.36. The number of methoxy groups -OCH3 is 1. The maximum atomic E-state index is 12.5. The van der Waals surface area contributed by atoms with Crippen molar-refractivity contribution in [2.24, 2.45) is 5.73 Å². The summed E-state index contributed by atoms with van der Waals surface area (Å²) >= 11 is 0. The highest BCUT2D eigenvalue weighted by Crippen LogP contribution is 2.30. The highest BCUT2D eigenvalue weighted by molar-refractivity contribution is 5.96. The number of amides is 1. The predicted octanol–water partition coefficient (Wildman–Crippen LogP) is 2.46. The van der Waals surface area contributed by atoms with Crippen molar-refractivity contribution >= 4 is 12.0 Å². The Morgan fingerprint density at radius 3 is 2.61 bits per heavy atom. The van der Waals surface area contributed by atoms with Crippen molar-refractivity contribution in [3.8, 4) is 0 Å². The number of hydrogen-bond donors (Lipinski definition) is 1. The van der Waals surface area contributed by atoms with Crippen molar-refractivity contribution in [3.05, 3.63) is 41.0 Å². The van der Waals surface area contributed by atoms with E-state index in [0.717, 1.165) is 12.1 Å². The van der Waals surface area contributed by atoms with Gasteiger partial charge in [-0.2, -0.15) is 13.2 Å². The molecular weight excluding hydrogens is 247 g/mol. The molecule has 1 aromatic rings. The molecule has 1 aromatic carbocycles. The molecule has 0 aliphatic rings. The highest BCUT2D eigenvalue weighted by atomic mass is 19.4. The third-order valence-corrected chi connectivity index (χ3v) is 2.21. The van der Waals surface area contributed by atoms with Gasteiger partial charge >= 0.3 is 6.18 Å². The number of alkyl halides is 3. The van der Waals surface area contributed by atoms with Crippen LogP contribution in [0.5, 0.6) is 0 Å². The van der Waals surface area contributed by atoms with E-state index in [9.17, 15) is 18.0 Å². The van der Waals surface area contributed by atoms with Crippen molar-refractivity contribution < 1.29 is 22.7 Å². The molecule has 1 amide bonds. The summed E-state index contributed by atoms with van der Waals surface area (Å²) in [6, 6.07) is 2.85. The van der Waals surface area contributed by atoms with Gasteiger partial charge in [-0.1, -0.05) is 18.2 Å². The molecule has 0 unspecified atom stereocenters. The summed E-state index contributed by atoms with van der Waals surface area (Å²) in [6.45, 7) is 0.291. The Morgan fingerprint density at radius 2 is 2.11 bits per heavy atom. The first-order chi connectivity index (χ1) is 8.36. The number of hydrogen-bond acceptors (Lipinski definition) is 2. The van der Waals surface area contributed by atoms with Crippen LogP contribution in [0, 0.1) is 0 Å². The lowest BCUT2D eigenvalue weighted by Crippen LogP contribution is -2.15. The van der Waals surface area contributed by atoms with Gasteiger partial charge in [0, 0.05) is 12.7 Å². The lowest BCUT2D eigenvalue weighted by molar-refractivity contribution is -0.137. The van der Waals surface area contributed by atoms with E-state index in [1.165, 1.54) is 19.3 Å². The highest BCUT2D eigenvalue weighted by Gasteiger charge is 2.31. The maximum Gasteiger partial charge on any atom is 0.416 e. The Morgan fingerprint density at radius 1 is 1.44 bits per heavy atom. The minimum Gasteiger partial charge on any atom is -0.381 e. The average molecular weight is 259 g/mol. The molecule has 0 aliphatic carbocycles. The van der Waals surface area contributed by atoms with Crippen molar-refractivity contribution in [3.63, 3.8) is 0 Å². The number of benzene rings is 1. The molecule has 98 valence electrons. The van der Waals surface area contributed by atoms with Crippen LogP contribution in [0.2, 0.25) is 0 Å². The number of carbonyl (C=O) groups excluding carboxylic acids is 1. The molecule has 3 nitrogen and oxygen atoms in total. The summed E-state index contributed by atoms with van der Waals surface area (Å²) < 4.78 is 42.2. The zero-order chi connectivity index (χ0) is 13.8. The molecule has 0 aromatic heterocycles. The third-order valence-electron chi connectivity index (χ3n) is 2.21. The quantitative estimate of drug-likeness (QED) is 0.903. The molecule has 0 bridgehead atoms. The second-order valence-corrected chi connectivity index (χ2v) is 3.52. The Hall–Kier alpha value is -1.82. The monoisotopic (exact) mass is 259 g/mol. The standard InChI is InChI=1S/C12H12F3NO2/c1-18-6-2-3-8-4-5-9(12(13,14)15)7-10(8)11(16)17/h2-5,7H,6H2,1H3,(H2,16,17). The second-order valence-electron chi connectivity index (χ2n) is 3.52. The smallest absolute Gasteiger partial charge is 0.381 e. The van der Waals surface area contributed by atoms with E-state index >= 15 is 0 Å². The van der Waals surface area contributed by atoms with E-state index < -0.39 is 17.6 Å². The number of rotatable bonds is 4. The van der Waals surface area contributed by atoms with Gasteiger partial charge < -0.3 is 10.5 Å². The van der Waals surface area contributed by atoms with Crippen LogP contribution in [0.3, 0.4) is 0 Å². The Bertz CT molecular complexity index is 467. The molecule has 0 spiro atoms. The molecule has 0 heterocycles. The van der Waals surface area contributed by atoms with Gasteiger partial charge in [-0.3, -0.25) is 4.79 Å². The fraction of sp³-hybridized carbons (Fsp3) is 0.250. The number of carbonyl (C=O) groups is 1. The van der Waals surface area contributed by atoms with Crippen molar-refractivity contribution in [2.45, 2.75) is 6.18 Å². The largest absolute Gasteiger partial charge is 0.416 e. The Kier molecular flexibility index (Phi) is 4.49. The molecule has 0 saturated carbocycles. The first kappa shape index (κ1) is 14.2. The lowest BCUT2D eigenvalue weighted by Gasteiger charge is -2.09. The lowest BCUT2D eigenvalue weighted by atomic mass is 10.0. The van der Waals surface area contributed by atoms with Gasteiger partial charge in [-0.25, -0.2) is 0 Å². The zero-order valence-electron chi connectivity index (χ0n) is 9.62. The van der Waals surface area contributed by atoms with Gasteiger partial charge in [0.05, 0.1) is 12.2 Å². The number of halogens is 3. The number of ether oxygens (including phenoxy) is 1. The van der Waals surface area contributed by atoms with E-state index in [0.29, 0.717) is 12.2 Å². The van der Waals surface area contributed by atoms with Gasteiger partial charge in [0.15, 0.2) is 0 Å². The molecule has 2 N–H and O–H groups in total. The van der Waals surface area contributed by atoms with Crippen LogP contribution in [0.1, 0.15) is 21.5 Å². The summed E-state index contributed by atoms with van der Waals surface area (Å²) in [6.07, 6.45) is -1.43. The van der Waals surface area contributed by atoms with Crippen molar-refractivity contribution in [2.75, 3.05) is 13.7 Å². The molecule has 0 aliphatic heterocycles. The third kappa shape index (κ3) is 3.59. The first-order valence-corrected chi connectivity index (χ1v) is 5.02. The first-order valence-electron chi connectivity index (χ1n) is 5.02. The van der Waals surface area contributed by atoms with Crippen LogP contribution < -0.4 is 5.73 Å². The molecule has 0 fully saturated rings. The maximum absolute atomic E-state index is 12.5. The van der Waals surface area contributed by atoms with E-state index in [1.54, 1.807) is 6.08 Å². The van der Waals surface area contributed by atoms with Crippen LogP contribution in [0.15, 0.2) is 24.3 Å². The summed E-state index contributed by atoms with van der Waals surface area (Å²) in [4.78, 5) is 11.1. The summed E-state index contributed by atoms with van der Waals surface area (Å²) in [5.74, 6) is -0.904. The molecule has 0 saturated heterocycles. The average Bonchev–Trinajstić information content (AvgIpc) is 2.28. The summed E-state index contributed by atoms with van der Waals surface area (Å²) in [7, 11) is 1.48. The second kappa shape index (κ2) is 5.68. The molecule has 1 rings (SSSR count). The van der Waals surface area contributed by atoms with Gasteiger partial charge in [-0.05, 0) is 17.7 Å². The molecular formula is C12H12F3NO2. The normalized spacial score (nSPS) is 12.0. The van der Waals surface area contributed by atoms with E-state index in [-0.39, 0.29) is 5.56 Å². The topological polar surface area (TPSA) is 52.3 Å². The van der Waals surface area contributed by atoms with Crippen molar-refractivity contribution in [1.82, 2.24) is 0 Å². The van der Waals surface area contributed by atoms with Gasteiger partial charge in [0.25, 0.3) is 0 Å². The van der Waals surface area contributed by atoms with Crippen molar-refractivity contribution in [1.29, 1.82) is 0 Å². The van der Waals surface area contributed by atoms with Crippen LogP contribution in [-0.4, -0.2) is 19.6 Å². The number of primary amides is 1. The molecule has 0 radical (unpaired) electrons. The predicted molar refractivity (Wildman–Crippen MR) is 60.9 cm³/mol. The minimum absolute atomic E-state index is 0.169. The fourth-order valence-electron chi connectivity index (χ4n) is 1.36. The van der Waals surface area contributed by atoms with Crippen LogP contribution in [0.4, 0.5) is 13.2 Å². The van der Waals surface area contributed by atoms with E-state index in [1.807, 2.05) is 0 Å².